The number of carbonyl (C=O) groups is 1. The van der Waals surface area contributed by atoms with E-state index in [4.69, 9.17) is 0 Å². The van der Waals surface area contributed by atoms with Crippen molar-refractivity contribution in [2.75, 3.05) is 6.54 Å². The van der Waals surface area contributed by atoms with E-state index in [0.717, 1.165) is 6.42 Å². The van der Waals surface area contributed by atoms with Gasteiger partial charge in [-0.2, -0.15) is 0 Å². The van der Waals surface area contributed by atoms with Gasteiger partial charge in [0.05, 0.1) is 4.47 Å². The number of benzene rings is 1. The molecule has 1 heterocycles. The van der Waals surface area contributed by atoms with E-state index in [1.165, 1.54) is 17.0 Å². The van der Waals surface area contributed by atoms with Crippen LogP contribution in [-0.4, -0.2) is 12.5 Å². The molecule has 0 aliphatic carbocycles. The first kappa shape index (κ1) is 13.2. The summed E-state index contributed by atoms with van der Waals surface area (Å²) in [5, 5.41) is 4.77. The van der Waals surface area contributed by atoms with Gasteiger partial charge in [-0.05, 0) is 52.0 Å². The van der Waals surface area contributed by atoms with Crippen molar-refractivity contribution in [1.29, 1.82) is 0 Å². The molecule has 0 saturated heterocycles. The predicted molar refractivity (Wildman–Crippen MR) is 74.5 cm³/mol. The second kappa shape index (κ2) is 6.11. The zero-order chi connectivity index (χ0) is 13.0. The first-order valence-corrected chi connectivity index (χ1v) is 7.10. The monoisotopic (exact) mass is 327 g/mol. The van der Waals surface area contributed by atoms with E-state index < -0.39 is 5.82 Å². The summed E-state index contributed by atoms with van der Waals surface area (Å²) in [6.07, 6.45) is 0.794. The van der Waals surface area contributed by atoms with Crippen LogP contribution in [0, 0.1) is 5.82 Å². The van der Waals surface area contributed by atoms with Crippen LogP contribution in [0.2, 0.25) is 0 Å². The van der Waals surface area contributed by atoms with Gasteiger partial charge in [-0.3, -0.25) is 4.79 Å². The van der Waals surface area contributed by atoms with Crippen molar-refractivity contribution >= 4 is 33.2 Å². The third-order valence-electron chi connectivity index (χ3n) is 2.42. The number of hydrogen-bond acceptors (Lipinski definition) is 2. The average molecular weight is 328 g/mol. The Morgan fingerprint density at radius 2 is 2.22 bits per heavy atom. The minimum absolute atomic E-state index is 0.252. The molecule has 2 rings (SSSR count). The molecule has 1 amide bonds. The predicted octanol–water partition coefficient (Wildman–Crippen LogP) is 3.62. The number of nitrogens with one attached hydrogen (secondary N) is 1. The van der Waals surface area contributed by atoms with Gasteiger partial charge in [0.15, 0.2) is 0 Å². The second-order valence-corrected chi connectivity index (χ2v) is 5.60. The summed E-state index contributed by atoms with van der Waals surface area (Å²) < 4.78 is 13.6. The fourth-order valence-electron chi connectivity index (χ4n) is 1.49. The van der Waals surface area contributed by atoms with Gasteiger partial charge in [0.25, 0.3) is 5.91 Å². The molecule has 0 radical (unpaired) electrons. The van der Waals surface area contributed by atoms with Crippen LogP contribution in [0.1, 0.15) is 15.2 Å². The lowest BCUT2D eigenvalue weighted by molar-refractivity contribution is 0.0953. The van der Waals surface area contributed by atoms with Crippen molar-refractivity contribution in [3.8, 4) is 0 Å². The zero-order valence-electron chi connectivity index (χ0n) is 9.45. The molecule has 0 saturated carbocycles. The highest BCUT2D eigenvalue weighted by atomic mass is 79.9. The standard InChI is InChI=1S/C13H11BrFNOS/c14-11-4-3-9(8-12(11)15)13(17)16-6-5-10-2-1-7-18-10/h1-4,7-8H,5-6H2,(H,16,17). The van der Waals surface area contributed by atoms with Crippen LogP contribution in [0.4, 0.5) is 4.39 Å². The summed E-state index contributed by atoms with van der Waals surface area (Å²) in [5.41, 5.74) is 0.335. The molecule has 0 spiro atoms. The molecular weight excluding hydrogens is 317 g/mol. The van der Waals surface area contributed by atoms with Crippen LogP contribution in [-0.2, 0) is 6.42 Å². The van der Waals surface area contributed by atoms with Crippen LogP contribution >= 0.6 is 27.3 Å². The molecule has 2 nitrogen and oxygen atoms in total. The molecule has 0 aliphatic rings. The average Bonchev–Trinajstić information content (AvgIpc) is 2.85. The van der Waals surface area contributed by atoms with Gasteiger partial charge in [-0.25, -0.2) is 4.39 Å². The van der Waals surface area contributed by atoms with E-state index in [1.807, 2.05) is 17.5 Å². The molecule has 0 fully saturated rings. The van der Waals surface area contributed by atoms with Crippen molar-refractivity contribution in [2.45, 2.75) is 6.42 Å². The second-order valence-electron chi connectivity index (χ2n) is 3.71. The van der Waals surface area contributed by atoms with E-state index in [2.05, 4.69) is 21.2 Å². The smallest absolute Gasteiger partial charge is 0.251 e. The van der Waals surface area contributed by atoms with Crippen molar-refractivity contribution in [3.63, 3.8) is 0 Å². The van der Waals surface area contributed by atoms with Crippen LogP contribution in [0.25, 0.3) is 0 Å². The summed E-state index contributed by atoms with van der Waals surface area (Å²) in [4.78, 5) is 13.0. The molecule has 1 N–H and O–H groups in total. The molecule has 1 aromatic carbocycles. The first-order chi connectivity index (χ1) is 8.66. The van der Waals surface area contributed by atoms with Crippen molar-refractivity contribution < 1.29 is 9.18 Å². The maximum absolute atomic E-state index is 13.3. The maximum atomic E-state index is 13.3. The highest BCUT2D eigenvalue weighted by Crippen LogP contribution is 2.16. The molecule has 5 heteroatoms. The molecule has 1 aromatic heterocycles. The lowest BCUT2D eigenvalue weighted by Crippen LogP contribution is -2.25. The third-order valence-corrected chi connectivity index (χ3v) is 4.00. The zero-order valence-corrected chi connectivity index (χ0v) is 11.9. The number of thiophene rings is 1. The Balaban J connectivity index is 1.89. The molecule has 0 atom stereocenters. The van der Waals surface area contributed by atoms with E-state index in [1.54, 1.807) is 17.4 Å². The van der Waals surface area contributed by atoms with Gasteiger partial charge in [0.1, 0.15) is 5.82 Å². The largest absolute Gasteiger partial charge is 0.352 e. The van der Waals surface area contributed by atoms with E-state index >= 15 is 0 Å². The van der Waals surface area contributed by atoms with Crippen LogP contribution in [0.5, 0.6) is 0 Å². The Morgan fingerprint density at radius 3 is 2.89 bits per heavy atom. The normalized spacial score (nSPS) is 10.3. The molecule has 0 bridgehead atoms. The lowest BCUT2D eigenvalue weighted by Gasteiger charge is -2.05. The Hall–Kier alpha value is -1.20. The summed E-state index contributed by atoms with van der Waals surface area (Å²) >= 11 is 4.71. The topological polar surface area (TPSA) is 29.1 Å². The van der Waals surface area contributed by atoms with Gasteiger partial charge in [-0.15, -0.1) is 11.3 Å². The molecule has 18 heavy (non-hydrogen) atoms. The van der Waals surface area contributed by atoms with Crippen LogP contribution in [0.3, 0.4) is 0 Å². The molecule has 0 aliphatic heterocycles. The summed E-state index contributed by atoms with van der Waals surface area (Å²) in [6, 6.07) is 8.35. The summed E-state index contributed by atoms with van der Waals surface area (Å²) in [7, 11) is 0. The molecule has 0 unspecified atom stereocenters. The Kier molecular flexibility index (Phi) is 4.49. The van der Waals surface area contributed by atoms with Crippen molar-refractivity contribution in [3.05, 3.63) is 56.4 Å². The van der Waals surface area contributed by atoms with Crippen LogP contribution < -0.4 is 5.32 Å². The fraction of sp³-hybridized carbons (Fsp3) is 0.154. The number of carbonyl (C=O) groups excluding carboxylic acids is 1. The summed E-state index contributed by atoms with van der Waals surface area (Å²) in [5.74, 6) is -0.682. The van der Waals surface area contributed by atoms with E-state index in [0.29, 0.717) is 16.6 Å². The van der Waals surface area contributed by atoms with Gasteiger partial charge < -0.3 is 5.32 Å². The molecule has 2 aromatic rings. The van der Waals surface area contributed by atoms with Crippen LogP contribution in [0.15, 0.2) is 40.2 Å². The molecular formula is C13H11BrFNOS. The SMILES string of the molecule is O=C(NCCc1cccs1)c1ccc(Br)c(F)c1. The Morgan fingerprint density at radius 1 is 1.39 bits per heavy atom. The quantitative estimate of drug-likeness (QED) is 0.912. The number of rotatable bonds is 4. The summed E-state index contributed by atoms with van der Waals surface area (Å²) in [6.45, 7) is 0.553. The minimum atomic E-state index is -0.430. The van der Waals surface area contributed by atoms with E-state index in [9.17, 15) is 9.18 Å². The van der Waals surface area contributed by atoms with Gasteiger partial charge in [-0.1, -0.05) is 6.07 Å². The van der Waals surface area contributed by atoms with Gasteiger partial charge in [0, 0.05) is 17.0 Å². The number of hydrogen-bond donors (Lipinski definition) is 1. The maximum Gasteiger partial charge on any atom is 0.251 e. The first-order valence-electron chi connectivity index (χ1n) is 5.42. The minimum Gasteiger partial charge on any atom is -0.352 e. The number of halogens is 2. The van der Waals surface area contributed by atoms with Crippen molar-refractivity contribution in [1.82, 2.24) is 5.32 Å². The number of amides is 1. The highest BCUT2D eigenvalue weighted by molar-refractivity contribution is 9.10. The van der Waals surface area contributed by atoms with Gasteiger partial charge >= 0.3 is 0 Å². The highest BCUT2D eigenvalue weighted by Gasteiger charge is 2.08. The lowest BCUT2D eigenvalue weighted by atomic mass is 10.2. The van der Waals surface area contributed by atoms with Gasteiger partial charge in [0.2, 0.25) is 0 Å². The third kappa shape index (κ3) is 3.40. The Labute approximate surface area is 117 Å². The van der Waals surface area contributed by atoms with E-state index in [-0.39, 0.29) is 5.91 Å². The Bertz CT molecular complexity index is 542. The van der Waals surface area contributed by atoms with Crippen molar-refractivity contribution in [2.24, 2.45) is 0 Å². The molecule has 94 valence electrons. The fourth-order valence-corrected chi connectivity index (χ4v) is 2.45.